The number of carbonyl (C=O) groups is 4. The number of methoxy groups -OCH3 is 1. The second-order valence-corrected chi connectivity index (χ2v) is 19.8. The molecule has 4 heterocycles. The lowest BCUT2D eigenvalue weighted by Gasteiger charge is -2.30. The normalized spacial score (nSPS) is 25.6. The molecule has 0 bridgehead atoms. The standard InChI is InChI=1S/C41H53N7O10S2/c1-23(2)42-38-44-32(22-59-38)30-17-24-16-26(55-6)11-14-29(24)35(43-30)57-27-18-33-34(49)46-41(37(51)47-60(53,54)28-12-13-28)19-25(41)10-8-7-9-15-56-21-31(36(50)48(33)20-27)45-39(52)58-40(3,4)5/h8,10-11,14,16-17,22-23,25,27-28,31,33H,7,9,12-13,15,18-21H2,1-6H3,(H,42,44)(H,45,52)(H,46,49)(H,47,51)/b10-8-/t25-,27-,31+,33+,41-/m1/s1. The maximum absolute atomic E-state index is 14.6. The second kappa shape index (κ2) is 17.2. The van der Waals surface area contributed by atoms with Crippen molar-refractivity contribution in [2.45, 2.75) is 114 Å². The molecule has 7 rings (SSSR count). The van der Waals surface area contributed by atoms with Crippen LogP contribution < -0.4 is 30.1 Å². The van der Waals surface area contributed by atoms with Gasteiger partial charge in [0.05, 0.1) is 31.2 Å². The first kappa shape index (κ1) is 43.1. The third-order valence-corrected chi connectivity index (χ3v) is 13.2. The van der Waals surface area contributed by atoms with Gasteiger partial charge >= 0.3 is 6.09 Å². The highest BCUT2D eigenvalue weighted by Gasteiger charge is 2.62. The van der Waals surface area contributed by atoms with Crippen LogP contribution in [0.5, 0.6) is 11.6 Å². The molecule has 4 N–H and O–H groups in total. The van der Waals surface area contributed by atoms with Crippen LogP contribution in [0.1, 0.15) is 73.1 Å². The summed E-state index contributed by atoms with van der Waals surface area (Å²) in [5.74, 6) is -1.78. The van der Waals surface area contributed by atoms with Crippen LogP contribution in [0.15, 0.2) is 41.8 Å². The zero-order chi connectivity index (χ0) is 43.0. The van der Waals surface area contributed by atoms with Gasteiger partial charge in [0.25, 0.3) is 5.91 Å². The van der Waals surface area contributed by atoms with Crippen LogP contribution in [0, 0.1) is 5.92 Å². The van der Waals surface area contributed by atoms with Crippen molar-refractivity contribution < 1.29 is 46.5 Å². The average molecular weight is 868 g/mol. The molecule has 17 nitrogen and oxygen atoms in total. The number of allylic oxidation sites excluding steroid dienone is 1. The fraction of sp³-hybridized carbons (Fsp3) is 0.561. The first-order valence-electron chi connectivity index (χ1n) is 20.2. The van der Waals surface area contributed by atoms with Gasteiger partial charge in [-0.25, -0.2) is 23.2 Å². The third-order valence-electron chi connectivity index (χ3n) is 10.6. The Morgan fingerprint density at radius 2 is 1.90 bits per heavy atom. The molecule has 19 heteroatoms. The van der Waals surface area contributed by atoms with Gasteiger partial charge < -0.3 is 39.8 Å². The number of alkyl carbamates (subject to hydrolysis) is 1. The zero-order valence-electron chi connectivity index (χ0n) is 34.6. The van der Waals surface area contributed by atoms with Crippen molar-refractivity contribution in [3.05, 3.63) is 41.8 Å². The van der Waals surface area contributed by atoms with Crippen molar-refractivity contribution in [1.82, 2.24) is 30.2 Å². The number of carbonyl (C=O) groups excluding carboxylic acids is 4. The molecule has 324 valence electrons. The number of aromatic nitrogens is 2. The lowest BCUT2D eigenvalue weighted by atomic mass is 10.1. The van der Waals surface area contributed by atoms with Crippen LogP contribution >= 0.6 is 11.3 Å². The van der Waals surface area contributed by atoms with E-state index < -0.39 is 74.3 Å². The number of nitrogens with zero attached hydrogens (tertiary/aromatic N) is 3. The van der Waals surface area contributed by atoms with Crippen molar-refractivity contribution in [3.8, 4) is 23.0 Å². The molecule has 1 aromatic carbocycles. The van der Waals surface area contributed by atoms with Gasteiger partial charge in [0.15, 0.2) is 5.13 Å². The molecule has 2 aromatic heterocycles. The van der Waals surface area contributed by atoms with Crippen molar-refractivity contribution in [3.63, 3.8) is 0 Å². The number of rotatable bonds is 10. The van der Waals surface area contributed by atoms with Gasteiger partial charge in [-0.15, -0.1) is 11.3 Å². The largest absolute Gasteiger partial charge is 0.497 e. The average Bonchev–Trinajstić information content (AvgIpc) is 4.06. The van der Waals surface area contributed by atoms with Crippen LogP contribution in [0.2, 0.25) is 0 Å². The Morgan fingerprint density at radius 1 is 1.12 bits per heavy atom. The number of ether oxygens (including phenoxy) is 4. The van der Waals surface area contributed by atoms with E-state index >= 15 is 0 Å². The molecule has 3 aromatic rings. The van der Waals surface area contributed by atoms with E-state index in [4.69, 9.17) is 28.9 Å². The van der Waals surface area contributed by atoms with E-state index in [-0.39, 0.29) is 44.5 Å². The Kier molecular flexibility index (Phi) is 12.3. The van der Waals surface area contributed by atoms with E-state index in [9.17, 15) is 27.6 Å². The van der Waals surface area contributed by atoms with Gasteiger partial charge in [-0.2, -0.15) is 0 Å². The quantitative estimate of drug-likeness (QED) is 0.210. The summed E-state index contributed by atoms with van der Waals surface area (Å²) in [6.07, 6.45) is 4.18. The van der Waals surface area contributed by atoms with Crippen LogP contribution in [-0.2, 0) is 33.9 Å². The SMILES string of the molecule is COc1ccc2c(O[C@@H]3C[C@H]4C(=O)N[C@]5(C(=O)NS(=O)(=O)C6CC6)C[C@H]5/C=C\CCCOC[C@H](NC(=O)OC(C)(C)C)C(=O)N4C3)nc(-c3csc(NC(C)C)n3)cc2c1. The molecular formula is C41H53N7O10S2. The number of sulfonamides is 1. The first-order chi connectivity index (χ1) is 28.4. The summed E-state index contributed by atoms with van der Waals surface area (Å²) >= 11 is 1.44. The summed E-state index contributed by atoms with van der Waals surface area (Å²) in [6.45, 7) is 9.07. The smallest absolute Gasteiger partial charge is 0.408 e. The number of pyridine rings is 1. The predicted molar refractivity (Wildman–Crippen MR) is 224 cm³/mol. The maximum atomic E-state index is 14.6. The maximum Gasteiger partial charge on any atom is 0.408 e. The summed E-state index contributed by atoms with van der Waals surface area (Å²) in [4.78, 5) is 67.0. The molecule has 3 fully saturated rings. The van der Waals surface area contributed by atoms with E-state index in [1.54, 1.807) is 33.9 Å². The minimum Gasteiger partial charge on any atom is -0.497 e. The van der Waals surface area contributed by atoms with E-state index in [0.717, 1.165) is 10.5 Å². The number of anilines is 1. The monoisotopic (exact) mass is 867 g/mol. The topological polar surface area (TPSA) is 216 Å². The molecule has 2 saturated carbocycles. The van der Waals surface area contributed by atoms with Crippen molar-refractivity contribution in [1.29, 1.82) is 0 Å². The lowest BCUT2D eigenvalue weighted by Crippen LogP contribution is -2.59. The molecule has 0 radical (unpaired) electrons. The highest BCUT2D eigenvalue weighted by Crippen LogP contribution is 2.46. The van der Waals surface area contributed by atoms with Crippen molar-refractivity contribution in [2.24, 2.45) is 5.92 Å². The number of thiazole rings is 1. The summed E-state index contributed by atoms with van der Waals surface area (Å²) in [7, 11) is -2.36. The van der Waals surface area contributed by atoms with Crippen LogP contribution in [0.25, 0.3) is 22.2 Å². The number of benzene rings is 1. The number of fused-ring (bicyclic) bond motifs is 3. The predicted octanol–water partition coefficient (Wildman–Crippen LogP) is 4.28. The molecule has 5 atom stereocenters. The fourth-order valence-electron chi connectivity index (χ4n) is 7.35. The van der Waals surface area contributed by atoms with Gasteiger partial charge in [-0.1, -0.05) is 12.2 Å². The molecule has 4 aliphatic rings. The molecular weight excluding hydrogens is 815 g/mol. The second-order valence-electron chi connectivity index (χ2n) is 17.0. The zero-order valence-corrected chi connectivity index (χ0v) is 36.2. The van der Waals surface area contributed by atoms with Crippen molar-refractivity contribution in [2.75, 3.05) is 32.2 Å². The van der Waals surface area contributed by atoms with Gasteiger partial charge in [-0.05, 0) is 96.4 Å². The summed E-state index contributed by atoms with van der Waals surface area (Å²) in [5.41, 5.74) is -1.28. The number of amides is 4. The van der Waals surface area contributed by atoms with Crippen LogP contribution in [0.3, 0.4) is 0 Å². The fourth-order valence-corrected chi connectivity index (χ4v) is 9.56. The Bertz CT molecular complexity index is 2270. The summed E-state index contributed by atoms with van der Waals surface area (Å²) in [5, 5.41) is 12.2. The van der Waals surface area contributed by atoms with Gasteiger partial charge in [0.2, 0.25) is 27.7 Å². The van der Waals surface area contributed by atoms with Crippen LogP contribution in [0.4, 0.5) is 9.93 Å². The highest BCUT2D eigenvalue weighted by atomic mass is 32.2. The highest BCUT2D eigenvalue weighted by molar-refractivity contribution is 7.91. The minimum absolute atomic E-state index is 0.0289. The van der Waals surface area contributed by atoms with E-state index in [1.807, 2.05) is 49.6 Å². The van der Waals surface area contributed by atoms with Gasteiger partial charge in [0, 0.05) is 35.8 Å². The molecule has 2 aliphatic heterocycles. The van der Waals surface area contributed by atoms with E-state index in [2.05, 4.69) is 20.7 Å². The van der Waals surface area contributed by atoms with E-state index in [1.165, 1.54) is 16.2 Å². The van der Waals surface area contributed by atoms with Crippen molar-refractivity contribution >= 4 is 61.1 Å². The Morgan fingerprint density at radius 3 is 2.62 bits per heavy atom. The molecule has 2 aliphatic carbocycles. The lowest BCUT2D eigenvalue weighted by molar-refractivity contribution is -0.142. The molecule has 60 heavy (non-hydrogen) atoms. The minimum atomic E-state index is -3.93. The van der Waals surface area contributed by atoms with Gasteiger partial charge in [0.1, 0.15) is 40.8 Å². The summed E-state index contributed by atoms with van der Waals surface area (Å²) < 4.78 is 51.6. The van der Waals surface area contributed by atoms with E-state index in [0.29, 0.717) is 48.2 Å². The van der Waals surface area contributed by atoms with Crippen LogP contribution in [-0.4, -0.2) is 115 Å². The Hall–Kier alpha value is -5.01. The number of nitrogens with one attached hydrogen (secondary N) is 4. The summed E-state index contributed by atoms with van der Waals surface area (Å²) in [6, 6.07) is 5.04. The third kappa shape index (κ3) is 9.95. The van der Waals surface area contributed by atoms with Gasteiger partial charge in [-0.3, -0.25) is 19.1 Å². The Balaban J connectivity index is 1.23. The first-order valence-corrected chi connectivity index (χ1v) is 22.7. The number of hydrogen-bond donors (Lipinski definition) is 4. The Labute approximate surface area is 353 Å². The molecule has 4 amide bonds. The molecule has 0 unspecified atom stereocenters. The number of hydrogen-bond acceptors (Lipinski definition) is 14. The molecule has 1 saturated heterocycles. The molecule has 0 spiro atoms.